The fraction of sp³-hybridized carbons (Fsp3) is 0. The van der Waals surface area contributed by atoms with E-state index in [0.29, 0.717) is 17.5 Å². The van der Waals surface area contributed by atoms with Gasteiger partial charge >= 0.3 is 0 Å². The molecule has 0 amide bonds. The maximum Gasteiger partial charge on any atom is 0.164 e. The molecule has 0 aliphatic rings. The molecule has 6 aromatic carbocycles. The maximum absolute atomic E-state index is 5.15. The van der Waals surface area contributed by atoms with Gasteiger partial charge in [-0.25, -0.2) is 19.9 Å². The van der Waals surface area contributed by atoms with E-state index in [9.17, 15) is 0 Å². The Labute approximate surface area is 240 Å². The number of benzene rings is 6. The van der Waals surface area contributed by atoms with Crippen molar-refractivity contribution in [2.24, 2.45) is 0 Å². The van der Waals surface area contributed by atoms with Crippen molar-refractivity contribution in [3.63, 3.8) is 0 Å². The average Bonchev–Trinajstić information content (AvgIpc) is 3.50. The van der Waals surface area contributed by atoms with Crippen LogP contribution in [0.4, 0.5) is 0 Å². The summed E-state index contributed by atoms with van der Waals surface area (Å²) in [7, 11) is 0. The predicted molar refractivity (Wildman–Crippen MR) is 170 cm³/mol. The van der Waals surface area contributed by atoms with E-state index < -0.39 is 0 Å². The Balaban J connectivity index is 1.36. The Morgan fingerprint density at radius 2 is 0.927 bits per heavy atom. The van der Waals surface area contributed by atoms with Crippen LogP contribution in [-0.4, -0.2) is 19.9 Å². The number of aromatic nitrogens is 4. The van der Waals surface area contributed by atoms with Crippen molar-refractivity contribution in [2.45, 2.75) is 0 Å². The zero-order chi connectivity index (χ0) is 27.2. The van der Waals surface area contributed by atoms with E-state index in [0.717, 1.165) is 54.3 Å². The van der Waals surface area contributed by atoms with Gasteiger partial charge in [-0.05, 0) is 28.3 Å². The molecule has 8 aromatic rings. The van der Waals surface area contributed by atoms with Crippen molar-refractivity contribution in [1.29, 1.82) is 0 Å². The molecule has 0 fully saturated rings. The molecule has 2 aromatic heterocycles. The first-order valence-corrected chi connectivity index (χ1v) is 14.3. The lowest BCUT2D eigenvalue weighted by Crippen LogP contribution is -2.00. The minimum atomic E-state index is 0.645. The highest BCUT2D eigenvalue weighted by atomic mass is 32.1. The molecular formula is C36H22N4S. The third-order valence-corrected chi connectivity index (χ3v) is 8.41. The molecule has 0 saturated heterocycles. The summed E-state index contributed by atoms with van der Waals surface area (Å²) < 4.78 is 1.17. The lowest BCUT2D eigenvalue weighted by molar-refractivity contribution is 1.07. The van der Waals surface area contributed by atoms with Gasteiger partial charge in [-0.2, -0.15) is 0 Å². The molecule has 0 spiro atoms. The van der Waals surface area contributed by atoms with Crippen LogP contribution in [0.1, 0.15) is 0 Å². The molecule has 5 heteroatoms. The third-order valence-electron chi connectivity index (χ3n) is 7.34. The zero-order valence-electron chi connectivity index (χ0n) is 21.9. The number of hydrogen-bond donors (Lipinski definition) is 0. The molecule has 41 heavy (non-hydrogen) atoms. The average molecular weight is 543 g/mol. The molecule has 0 aliphatic heterocycles. The second kappa shape index (κ2) is 9.73. The SMILES string of the molecule is c1ccc(-c2nc(-c3ccccc3)nc(-c3ccc4ccc5ccc6sc(-c7ccccc7)nc6c5c4c3)n2)cc1. The Morgan fingerprint density at radius 3 is 1.56 bits per heavy atom. The lowest BCUT2D eigenvalue weighted by Gasteiger charge is -2.10. The van der Waals surface area contributed by atoms with Crippen molar-refractivity contribution in [1.82, 2.24) is 19.9 Å². The van der Waals surface area contributed by atoms with E-state index in [2.05, 4.69) is 66.7 Å². The minimum Gasteiger partial charge on any atom is -0.235 e. The van der Waals surface area contributed by atoms with Crippen molar-refractivity contribution in [3.05, 3.63) is 133 Å². The molecule has 2 heterocycles. The Morgan fingerprint density at radius 1 is 0.415 bits per heavy atom. The number of thiazole rings is 1. The van der Waals surface area contributed by atoms with Gasteiger partial charge in [0.05, 0.1) is 10.2 Å². The molecule has 0 N–H and O–H groups in total. The fourth-order valence-electron chi connectivity index (χ4n) is 5.31. The van der Waals surface area contributed by atoms with Gasteiger partial charge in [0, 0.05) is 27.6 Å². The summed E-state index contributed by atoms with van der Waals surface area (Å²) in [6, 6.07) is 45.7. The highest BCUT2D eigenvalue weighted by Gasteiger charge is 2.15. The van der Waals surface area contributed by atoms with Crippen molar-refractivity contribution < 1.29 is 0 Å². The van der Waals surface area contributed by atoms with Gasteiger partial charge in [0.2, 0.25) is 0 Å². The van der Waals surface area contributed by atoms with Crippen LogP contribution in [-0.2, 0) is 0 Å². The van der Waals surface area contributed by atoms with Crippen LogP contribution in [0.25, 0.3) is 76.5 Å². The molecule has 0 atom stereocenters. The highest BCUT2D eigenvalue weighted by molar-refractivity contribution is 7.21. The quantitative estimate of drug-likeness (QED) is 0.208. The van der Waals surface area contributed by atoms with E-state index in [1.807, 2.05) is 66.7 Å². The Hall–Kier alpha value is -5.26. The van der Waals surface area contributed by atoms with Crippen LogP contribution >= 0.6 is 11.3 Å². The molecule has 0 bridgehead atoms. The smallest absolute Gasteiger partial charge is 0.164 e. The van der Waals surface area contributed by atoms with Gasteiger partial charge in [-0.1, -0.05) is 121 Å². The van der Waals surface area contributed by atoms with Gasteiger partial charge in [0.25, 0.3) is 0 Å². The van der Waals surface area contributed by atoms with Crippen molar-refractivity contribution in [3.8, 4) is 44.7 Å². The zero-order valence-corrected chi connectivity index (χ0v) is 22.7. The normalized spacial score (nSPS) is 11.4. The summed E-state index contributed by atoms with van der Waals surface area (Å²) in [6.07, 6.45) is 0. The molecule has 192 valence electrons. The maximum atomic E-state index is 5.15. The Kier molecular flexibility index (Phi) is 5.61. The summed E-state index contributed by atoms with van der Waals surface area (Å²) >= 11 is 1.73. The largest absolute Gasteiger partial charge is 0.235 e. The summed E-state index contributed by atoms with van der Waals surface area (Å²) in [4.78, 5) is 19.9. The van der Waals surface area contributed by atoms with Gasteiger partial charge < -0.3 is 0 Å². The van der Waals surface area contributed by atoms with Crippen LogP contribution in [0.3, 0.4) is 0 Å². The summed E-state index contributed by atoms with van der Waals surface area (Å²) in [5.74, 6) is 1.95. The molecular weight excluding hydrogens is 520 g/mol. The van der Waals surface area contributed by atoms with Crippen LogP contribution in [0.2, 0.25) is 0 Å². The van der Waals surface area contributed by atoms with Gasteiger partial charge in [-0.15, -0.1) is 11.3 Å². The summed E-state index contributed by atoms with van der Waals surface area (Å²) in [5, 5.41) is 5.64. The van der Waals surface area contributed by atoms with E-state index in [4.69, 9.17) is 19.9 Å². The molecule has 4 nitrogen and oxygen atoms in total. The van der Waals surface area contributed by atoms with Crippen molar-refractivity contribution in [2.75, 3.05) is 0 Å². The van der Waals surface area contributed by atoms with Gasteiger partial charge in [0.15, 0.2) is 17.5 Å². The van der Waals surface area contributed by atoms with Gasteiger partial charge in [0.1, 0.15) is 5.01 Å². The van der Waals surface area contributed by atoms with Gasteiger partial charge in [-0.3, -0.25) is 0 Å². The monoisotopic (exact) mass is 542 g/mol. The van der Waals surface area contributed by atoms with E-state index in [-0.39, 0.29) is 0 Å². The standard InChI is InChI=1S/C36H22N4S/c1-4-10-25(11-5-1)33-38-34(26-12-6-2-7-13-26)40-35(39-33)28-19-17-23-16-18-24-20-21-30-32(31(24)29(23)22-28)37-36(41-30)27-14-8-3-9-15-27/h1-22H. The Bertz CT molecular complexity index is 2130. The lowest BCUT2D eigenvalue weighted by atomic mass is 9.99. The summed E-state index contributed by atoms with van der Waals surface area (Å²) in [6.45, 7) is 0. The number of rotatable bonds is 4. The van der Waals surface area contributed by atoms with E-state index >= 15 is 0 Å². The highest BCUT2D eigenvalue weighted by Crippen LogP contribution is 2.38. The summed E-state index contributed by atoms with van der Waals surface area (Å²) in [5.41, 5.74) is 5.02. The molecule has 8 rings (SSSR count). The topological polar surface area (TPSA) is 51.6 Å². The molecule has 0 radical (unpaired) electrons. The van der Waals surface area contributed by atoms with Crippen LogP contribution in [0.15, 0.2) is 133 Å². The number of nitrogens with zero attached hydrogens (tertiary/aromatic N) is 4. The van der Waals surface area contributed by atoms with E-state index in [1.165, 1.54) is 4.70 Å². The minimum absolute atomic E-state index is 0.645. The second-order valence-corrected chi connectivity index (χ2v) is 11.0. The first-order valence-electron chi connectivity index (χ1n) is 13.5. The number of hydrogen-bond acceptors (Lipinski definition) is 5. The van der Waals surface area contributed by atoms with Crippen LogP contribution in [0, 0.1) is 0 Å². The molecule has 0 aliphatic carbocycles. The second-order valence-electron chi connectivity index (χ2n) is 9.94. The van der Waals surface area contributed by atoms with Crippen LogP contribution < -0.4 is 0 Å². The van der Waals surface area contributed by atoms with E-state index in [1.54, 1.807) is 11.3 Å². The number of fused-ring (bicyclic) bond motifs is 5. The predicted octanol–water partition coefficient (Wildman–Crippen LogP) is 9.46. The van der Waals surface area contributed by atoms with Crippen LogP contribution in [0.5, 0.6) is 0 Å². The van der Waals surface area contributed by atoms with Crippen molar-refractivity contribution >= 4 is 43.1 Å². The molecule has 0 saturated carbocycles. The first-order chi connectivity index (χ1) is 20.3. The fourth-order valence-corrected chi connectivity index (χ4v) is 6.29. The molecule has 0 unspecified atom stereocenters. The first kappa shape index (κ1) is 23.6. The third kappa shape index (κ3) is 4.24.